The number of Topliss-reactive ketones (excluding diaryl/α,β-unsaturated/α-hetero) is 1. The van der Waals surface area contributed by atoms with E-state index in [1.54, 1.807) is 0 Å². The van der Waals surface area contributed by atoms with E-state index in [0.717, 1.165) is 0 Å². The van der Waals surface area contributed by atoms with Crippen LogP contribution in [-0.4, -0.2) is 60.8 Å². The summed E-state index contributed by atoms with van der Waals surface area (Å²) < 4.78 is 20.6. The van der Waals surface area contributed by atoms with Crippen LogP contribution in [0.3, 0.4) is 0 Å². The fraction of sp³-hybridized carbons (Fsp3) is 0.880. The summed E-state index contributed by atoms with van der Waals surface area (Å²) in [7, 11) is -6.75. The second-order valence-electron chi connectivity index (χ2n) is 14.2. The highest BCUT2D eigenvalue weighted by molar-refractivity contribution is 6.75. The molecule has 0 aromatic heterocycles. The number of rotatable bonds is 7. The van der Waals surface area contributed by atoms with Gasteiger partial charge in [0.1, 0.15) is 12.2 Å². The van der Waals surface area contributed by atoms with Crippen molar-refractivity contribution in [3.63, 3.8) is 0 Å². The standard InChI is InChI=1S/C25H52O5Si3/c1-23(2,3)31(10,11)28-19-16-18(17-26)20(27)22(30-33(14,15)25(7,8)9)21(19)29-32(12,13)24(4,5)6/h16,19,21-22,26H,17H2,1-15H3/t19-,21-,22-/m0/s1. The molecule has 0 aromatic rings. The first-order valence-corrected chi connectivity index (χ1v) is 21.0. The molecule has 1 aliphatic carbocycles. The van der Waals surface area contributed by atoms with Crippen molar-refractivity contribution in [3.8, 4) is 0 Å². The molecule has 5 nitrogen and oxygen atoms in total. The first-order chi connectivity index (χ1) is 14.4. The van der Waals surface area contributed by atoms with Crippen molar-refractivity contribution >= 4 is 30.7 Å². The monoisotopic (exact) mass is 516 g/mol. The molecule has 3 atom stereocenters. The molecule has 0 radical (unpaired) electrons. The molecule has 194 valence electrons. The molecule has 0 amide bonds. The highest BCUT2D eigenvalue weighted by atomic mass is 28.4. The summed E-state index contributed by atoms with van der Waals surface area (Å²) in [5, 5.41) is 9.96. The topological polar surface area (TPSA) is 65.0 Å². The van der Waals surface area contributed by atoms with Gasteiger partial charge in [0.25, 0.3) is 0 Å². The maximum atomic E-state index is 13.6. The Bertz CT molecular complexity index is 737. The van der Waals surface area contributed by atoms with Gasteiger partial charge < -0.3 is 18.4 Å². The molecule has 0 saturated carbocycles. The molecule has 0 fully saturated rings. The third-order valence-electron chi connectivity index (χ3n) is 8.43. The van der Waals surface area contributed by atoms with Crippen molar-refractivity contribution in [2.24, 2.45) is 0 Å². The van der Waals surface area contributed by atoms with Crippen molar-refractivity contribution in [1.82, 2.24) is 0 Å². The Morgan fingerprint density at radius 3 is 1.45 bits per heavy atom. The minimum atomic E-state index is -2.30. The van der Waals surface area contributed by atoms with Crippen molar-refractivity contribution in [1.29, 1.82) is 0 Å². The quantitative estimate of drug-likeness (QED) is 0.383. The molecule has 1 N–H and O–H groups in total. The van der Waals surface area contributed by atoms with Gasteiger partial charge in [0.15, 0.2) is 30.7 Å². The Morgan fingerprint density at radius 1 is 0.727 bits per heavy atom. The van der Waals surface area contributed by atoms with E-state index in [1.165, 1.54) is 0 Å². The van der Waals surface area contributed by atoms with E-state index in [4.69, 9.17) is 13.3 Å². The molecule has 1 aliphatic rings. The Labute approximate surface area is 207 Å². The zero-order chi connectivity index (χ0) is 26.4. The van der Waals surface area contributed by atoms with Gasteiger partial charge in [0.2, 0.25) is 0 Å². The number of hydrogen-bond donors (Lipinski definition) is 1. The molecular weight excluding hydrogens is 465 g/mol. The van der Waals surface area contributed by atoms with Crippen LogP contribution >= 0.6 is 0 Å². The Morgan fingerprint density at radius 2 is 1.09 bits per heavy atom. The number of aliphatic hydroxyl groups is 1. The van der Waals surface area contributed by atoms with Gasteiger partial charge in [-0.25, -0.2) is 0 Å². The van der Waals surface area contributed by atoms with E-state index in [9.17, 15) is 9.90 Å². The second kappa shape index (κ2) is 9.75. The lowest BCUT2D eigenvalue weighted by Crippen LogP contribution is -2.61. The third-order valence-corrected chi connectivity index (χ3v) is 21.8. The lowest BCUT2D eigenvalue weighted by Gasteiger charge is -2.49. The largest absolute Gasteiger partial charge is 0.408 e. The van der Waals surface area contributed by atoms with Crippen LogP contribution in [0.5, 0.6) is 0 Å². The average Bonchev–Trinajstić information content (AvgIpc) is 2.56. The normalized spacial score (nSPS) is 24.2. The second-order valence-corrected chi connectivity index (χ2v) is 28.5. The Hall–Kier alpha value is -0.0994. The maximum absolute atomic E-state index is 13.6. The first kappa shape index (κ1) is 30.9. The number of aliphatic hydroxyl groups excluding tert-OH is 1. The van der Waals surface area contributed by atoms with Crippen LogP contribution in [0.4, 0.5) is 0 Å². The minimum absolute atomic E-state index is 0.00101. The van der Waals surface area contributed by atoms with E-state index in [1.807, 2.05) is 6.08 Å². The van der Waals surface area contributed by atoms with E-state index in [0.29, 0.717) is 5.57 Å². The zero-order valence-electron chi connectivity index (χ0n) is 24.1. The van der Waals surface area contributed by atoms with Gasteiger partial charge in [-0.2, -0.15) is 0 Å². The molecular formula is C25H52O5Si3. The number of carbonyl (C=O) groups is 1. The van der Waals surface area contributed by atoms with Crippen molar-refractivity contribution < 1.29 is 23.2 Å². The molecule has 0 saturated heterocycles. The van der Waals surface area contributed by atoms with Crippen LogP contribution in [-0.2, 0) is 18.1 Å². The molecule has 33 heavy (non-hydrogen) atoms. The minimum Gasteiger partial charge on any atom is -0.408 e. The van der Waals surface area contributed by atoms with Crippen LogP contribution in [0.2, 0.25) is 54.4 Å². The van der Waals surface area contributed by atoms with Crippen LogP contribution < -0.4 is 0 Å². The zero-order valence-corrected chi connectivity index (χ0v) is 27.1. The van der Waals surface area contributed by atoms with Gasteiger partial charge in [0, 0.05) is 5.57 Å². The molecule has 0 unspecified atom stereocenters. The van der Waals surface area contributed by atoms with Crippen LogP contribution in [0.25, 0.3) is 0 Å². The van der Waals surface area contributed by atoms with Crippen molar-refractivity contribution in [2.75, 3.05) is 6.61 Å². The molecule has 0 aliphatic heterocycles. The van der Waals surface area contributed by atoms with Crippen LogP contribution in [0.15, 0.2) is 11.6 Å². The molecule has 0 aromatic carbocycles. The molecule has 0 spiro atoms. The highest BCUT2D eigenvalue weighted by Gasteiger charge is 2.52. The van der Waals surface area contributed by atoms with E-state index >= 15 is 0 Å². The lowest BCUT2D eigenvalue weighted by atomic mass is 9.91. The summed E-state index contributed by atoms with van der Waals surface area (Å²) in [5.41, 5.74) is 0.373. The summed E-state index contributed by atoms with van der Waals surface area (Å²) in [5.74, 6) is -0.166. The fourth-order valence-corrected chi connectivity index (χ4v) is 6.65. The van der Waals surface area contributed by atoms with Crippen LogP contribution in [0, 0.1) is 0 Å². The summed E-state index contributed by atoms with van der Waals surface area (Å²) in [6, 6.07) is 0. The van der Waals surface area contributed by atoms with Crippen molar-refractivity contribution in [2.45, 2.75) is 135 Å². The van der Waals surface area contributed by atoms with Gasteiger partial charge in [-0.15, -0.1) is 0 Å². The first-order valence-electron chi connectivity index (χ1n) is 12.3. The molecule has 1 rings (SSSR count). The summed E-state index contributed by atoms with van der Waals surface area (Å²) >= 11 is 0. The number of hydrogen-bond acceptors (Lipinski definition) is 5. The maximum Gasteiger partial charge on any atom is 0.193 e. The SMILES string of the molecule is CC(C)(C)[Si](C)(C)O[C@H]1[C@@H](O[Si](C)(C)C(C)(C)C)C=C(CO)C(=O)[C@@H]1O[Si](C)(C)C(C)(C)C. The number of ketones is 1. The lowest BCUT2D eigenvalue weighted by molar-refractivity contribution is -0.132. The molecule has 0 bridgehead atoms. The van der Waals surface area contributed by atoms with Gasteiger partial charge in [-0.3, -0.25) is 4.79 Å². The van der Waals surface area contributed by atoms with E-state index in [-0.39, 0.29) is 27.5 Å². The van der Waals surface area contributed by atoms with E-state index < -0.39 is 43.3 Å². The highest BCUT2D eigenvalue weighted by Crippen LogP contribution is 2.44. The summed E-state index contributed by atoms with van der Waals surface area (Å²) in [6.07, 6.45) is 0.0695. The predicted octanol–water partition coefficient (Wildman–Crippen LogP) is 6.66. The Balaban J connectivity index is 3.65. The predicted molar refractivity (Wildman–Crippen MR) is 146 cm³/mol. The van der Waals surface area contributed by atoms with Gasteiger partial charge >= 0.3 is 0 Å². The van der Waals surface area contributed by atoms with Gasteiger partial charge in [-0.1, -0.05) is 62.3 Å². The van der Waals surface area contributed by atoms with Gasteiger partial charge in [0.05, 0.1) is 12.7 Å². The van der Waals surface area contributed by atoms with E-state index in [2.05, 4.69) is 102 Å². The average molecular weight is 517 g/mol. The summed E-state index contributed by atoms with van der Waals surface area (Å²) in [6.45, 7) is 32.6. The van der Waals surface area contributed by atoms with Crippen molar-refractivity contribution in [3.05, 3.63) is 11.6 Å². The third kappa shape index (κ3) is 6.98. The van der Waals surface area contributed by atoms with Gasteiger partial charge in [-0.05, 0) is 60.5 Å². The molecule has 8 heteroatoms. The smallest absolute Gasteiger partial charge is 0.193 e. The molecule has 0 heterocycles. The van der Waals surface area contributed by atoms with Crippen LogP contribution in [0.1, 0.15) is 62.3 Å². The summed E-state index contributed by atoms with van der Waals surface area (Å²) in [4.78, 5) is 13.6. The number of carbonyl (C=O) groups excluding carboxylic acids is 1. The fourth-order valence-electron chi connectivity index (χ4n) is 2.89. The Kier molecular flexibility index (Phi) is 9.14.